The predicted molar refractivity (Wildman–Crippen MR) is 112 cm³/mol. The van der Waals surface area contributed by atoms with E-state index in [-0.39, 0.29) is 17.9 Å². The van der Waals surface area contributed by atoms with Crippen molar-refractivity contribution in [2.45, 2.75) is 18.4 Å². The average Bonchev–Trinajstić information content (AvgIpc) is 3.41. The number of carbonyl (C=O) groups is 1. The highest BCUT2D eigenvalue weighted by Crippen LogP contribution is 2.32. The standard InChI is InChI=1S/C20H24N6OS/c1-25(2)19-23-20(28-24-19)26-12-10-15(14-7-4-3-5-8-14)17(13-26)22-18(27)16-9-6-11-21-16/h3-9,11,15,17,21H,10,12-13H2,1-2H3,(H,22,27)/t15-,17-/m0/s1. The molecule has 1 aliphatic rings. The number of nitrogens with zero attached hydrogens (tertiary/aromatic N) is 4. The Balaban J connectivity index is 1.56. The Bertz CT molecular complexity index is 908. The van der Waals surface area contributed by atoms with Gasteiger partial charge in [0.1, 0.15) is 5.69 Å². The lowest BCUT2D eigenvalue weighted by atomic mass is 9.85. The van der Waals surface area contributed by atoms with Gasteiger partial charge < -0.3 is 20.1 Å². The minimum absolute atomic E-state index is 0.0151. The molecule has 28 heavy (non-hydrogen) atoms. The quantitative estimate of drug-likeness (QED) is 0.693. The number of amides is 1. The van der Waals surface area contributed by atoms with Crippen LogP contribution in [0.3, 0.4) is 0 Å². The van der Waals surface area contributed by atoms with E-state index >= 15 is 0 Å². The zero-order valence-corrected chi connectivity index (χ0v) is 16.8. The molecule has 3 heterocycles. The van der Waals surface area contributed by atoms with Crippen LogP contribution in [-0.2, 0) is 0 Å². The summed E-state index contributed by atoms with van der Waals surface area (Å²) in [5.41, 5.74) is 1.83. The van der Waals surface area contributed by atoms with Crippen LogP contribution in [-0.4, -0.2) is 53.5 Å². The van der Waals surface area contributed by atoms with Crippen LogP contribution in [0.25, 0.3) is 0 Å². The van der Waals surface area contributed by atoms with Gasteiger partial charge in [0, 0.05) is 50.8 Å². The van der Waals surface area contributed by atoms with Crippen LogP contribution in [0.5, 0.6) is 0 Å². The molecule has 1 amide bonds. The molecule has 4 rings (SSSR count). The number of anilines is 2. The van der Waals surface area contributed by atoms with Gasteiger partial charge in [0.05, 0.1) is 6.04 Å². The SMILES string of the molecule is CN(C)c1nsc(N2CC[C@@H](c3ccccc3)[C@@H](NC(=O)c3ccc[nH]3)C2)n1. The normalized spacial score (nSPS) is 19.4. The van der Waals surface area contributed by atoms with Crippen molar-refractivity contribution >= 4 is 28.5 Å². The first-order chi connectivity index (χ1) is 13.6. The highest BCUT2D eigenvalue weighted by molar-refractivity contribution is 7.09. The third-order valence-corrected chi connectivity index (χ3v) is 5.84. The molecular formula is C20H24N6OS. The van der Waals surface area contributed by atoms with Crippen LogP contribution >= 0.6 is 11.5 Å². The van der Waals surface area contributed by atoms with Crippen LogP contribution < -0.4 is 15.1 Å². The van der Waals surface area contributed by atoms with Crippen molar-refractivity contribution < 1.29 is 4.79 Å². The molecule has 1 fully saturated rings. The summed E-state index contributed by atoms with van der Waals surface area (Å²) in [5, 5.41) is 4.13. The van der Waals surface area contributed by atoms with Gasteiger partial charge in [-0.25, -0.2) is 0 Å². The summed E-state index contributed by atoms with van der Waals surface area (Å²) in [6.07, 6.45) is 2.71. The zero-order valence-electron chi connectivity index (χ0n) is 16.0. The van der Waals surface area contributed by atoms with E-state index in [1.54, 1.807) is 12.3 Å². The number of aromatic nitrogens is 3. The Morgan fingerprint density at radius 1 is 1.25 bits per heavy atom. The second kappa shape index (κ2) is 8.02. The lowest BCUT2D eigenvalue weighted by Gasteiger charge is -2.39. The monoisotopic (exact) mass is 396 g/mol. The lowest BCUT2D eigenvalue weighted by molar-refractivity contribution is 0.0923. The molecule has 0 unspecified atom stereocenters. The van der Waals surface area contributed by atoms with E-state index in [0.29, 0.717) is 12.2 Å². The van der Waals surface area contributed by atoms with E-state index in [1.165, 1.54) is 17.1 Å². The molecule has 0 radical (unpaired) electrons. The van der Waals surface area contributed by atoms with E-state index in [9.17, 15) is 4.79 Å². The van der Waals surface area contributed by atoms with Gasteiger partial charge in [-0.3, -0.25) is 4.79 Å². The van der Waals surface area contributed by atoms with E-state index < -0.39 is 0 Å². The van der Waals surface area contributed by atoms with Gasteiger partial charge in [0.15, 0.2) is 0 Å². The van der Waals surface area contributed by atoms with Crippen molar-refractivity contribution in [2.75, 3.05) is 37.0 Å². The van der Waals surface area contributed by atoms with E-state index in [1.807, 2.05) is 31.1 Å². The van der Waals surface area contributed by atoms with Crippen LogP contribution in [0.1, 0.15) is 28.4 Å². The van der Waals surface area contributed by atoms with Crippen molar-refractivity contribution in [3.05, 3.63) is 59.9 Å². The van der Waals surface area contributed by atoms with Crippen molar-refractivity contribution in [1.29, 1.82) is 0 Å². The van der Waals surface area contributed by atoms with Gasteiger partial charge in [0.2, 0.25) is 11.1 Å². The van der Waals surface area contributed by atoms with Crippen molar-refractivity contribution in [2.24, 2.45) is 0 Å². The summed E-state index contributed by atoms with van der Waals surface area (Å²) in [7, 11) is 3.87. The van der Waals surface area contributed by atoms with E-state index in [4.69, 9.17) is 0 Å². The highest BCUT2D eigenvalue weighted by Gasteiger charge is 2.33. The summed E-state index contributed by atoms with van der Waals surface area (Å²) in [5.74, 6) is 0.902. The number of benzene rings is 1. The van der Waals surface area contributed by atoms with Crippen LogP contribution in [0, 0.1) is 0 Å². The van der Waals surface area contributed by atoms with Crippen molar-refractivity contribution in [1.82, 2.24) is 19.7 Å². The molecule has 7 nitrogen and oxygen atoms in total. The summed E-state index contributed by atoms with van der Waals surface area (Å²) < 4.78 is 4.42. The molecule has 3 aromatic rings. The molecule has 1 saturated heterocycles. The first kappa shape index (κ1) is 18.5. The van der Waals surface area contributed by atoms with E-state index in [0.717, 1.165) is 24.0 Å². The molecule has 2 atom stereocenters. The second-order valence-corrected chi connectivity index (χ2v) is 7.92. The molecule has 8 heteroatoms. The molecule has 0 bridgehead atoms. The summed E-state index contributed by atoms with van der Waals surface area (Å²) in [6, 6.07) is 14.0. The Labute approximate surface area is 168 Å². The summed E-state index contributed by atoms with van der Waals surface area (Å²) in [4.78, 5) is 24.4. The lowest BCUT2D eigenvalue weighted by Crippen LogP contribution is -2.51. The molecule has 2 aromatic heterocycles. The smallest absolute Gasteiger partial charge is 0.267 e. The van der Waals surface area contributed by atoms with Crippen LogP contribution in [0.15, 0.2) is 48.7 Å². The first-order valence-corrected chi connectivity index (χ1v) is 10.1. The Morgan fingerprint density at radius 2 is 2.07 bits per heavy atom. The average molecular weight is 397 g/mol. The summed E-state index contributed by atoms with van der Waals surface area (Å²) in [6.45, 7) is 1.59. The molecule has 0 saturated carbocycles. The number of hydrogen-bond donors (Lipinski definition) is 2. The Kier molecular flexibility index (Phi) is 5.29. The second-order valence-electron chi connectivity index (χ2n) is 7.19. The van der Waals surface area contributed by atoms with E-state index in [2.05, 4.69) is 48.8 Å². The van der Waals surface area contributed by atoms with Gasteiger partial charge in [0.25, 0.3) is 5.91 Å². The fraction of sp³-hybridized carbons (Fsp3) is 0.350. The van der Waals surface area contributed by atoms with Gasteiger partial charge in [-0.1, -0.05) is 30.3 Å². The Morgan fingerprint density at radius 3 is 2.75 bits per heavy atom. The molecule has 1 aliphatic heterocycles. The number of H-pyrrole nitrogens is 1. The molecule has 1 aromatic carbocycles. The minimum Gasteiger partial charge on any atom is -0.357 e. The maximum Gasteiger partial charge on any atom is 0.267 e. The molecular weight excluding hydrogens is 372 g/mol. The van der Waals surface area contributed by atoms with Gasteiger partial charge in [-0.05, 0) is 24.1 Å². The first-order valence-electron chi connectivity index (χ1n) is 9.37. The molecule has 2 N–H and O–H groups in total. The highest BCUT2D eigenvalue weighted by atomic mass is 32.1. The summed E-state index contributed by atoms with van der Waals surface area (Å²) >= 11 is 1.40. The molecule has 146 valence electrons. The number of rotatable bonds is 5. The molecule has 0 aliphatic carbocycles. The predicted octanol–water partition coefficient (Wildman–Crippen LogP) is 2.72. The maximum atomic E-state index is 12.7. The fourth-order valence-electron chi connectivity index (χ4n) is 3.61. The topological polar surface area (TPSA) is 77.2 Å². The van der Waals surface area contributed by atoms with Crippen molar-refractivity contribution in [3.63, 3.8) is 0 Å². The Hall–Kier alpha value is -2.87. The zero-order chi connectivity index (χ0) is 19.5. The third-order valence-electron chi connectivity index (χ3n) is 5.07. The third kappa shape index (κ3) is 3.87. The van der Waals surface area contributed by atoms with Crippen molar-refractivity contribution in [3.8, 4) is 0 Å². The van der Waals surface area contributed by atoms with Gasteiger partial charge in [-0.15, -0.1) is 0 Å². The van der Waals surface area contributed by atoms with Gasteiger partial charge in [-0.2, -0.15) is 9.36 Å². The maximum absolute atomic E-state index is 12.7. The van der Waals surface area contributed by atoms with Gasteiger partial charge >= 0.3 is 0 Å². The van der Waals surface area contributed by atoms with Crippen LogP contribution in [0.2, 0.25) is 0 Å². The number of carbonyl (C=O) groups excluding carboxylic acids is 1. The molecule has 0 spiro atoms. The fourth-order valence-corrected chi connectivity index (χ4v) is 4.38. The number of piperidine rings is 1. The number of aromatic amines is 1. The number of hydrogen-bond acceptors (Lipinski definition) is 6. The largest absolute Gasteiger partial charge is 0.357 e. The van der Waals surface area contributed by atoms with Crippen LogP contribution in [0.4, 0.5) is 11.1 Å². The minimum atomic E-state index is -0.0796. The number of nitrogens with one attached hydrogen (secondary N) is 2.